The first-order chi connectivity index (χ1) is 8.81. The third-order valence-electron chi connectivity index (χ3n) is 2.17. The van der Waals surface area contributed by atoms with Crippen molar-refractivity contribution in [2.24, 2.45) is 0 Å². The maximum absolute atomic E-state index is 11.0. The first kappa shape index (κ1) is 15.4. The number of ether oxygens (including phenoxy) is 1. The Labute approximate surface area is 117 Å². The van der Waals surface area contributed by atoms with E-state index in [1.165, 1.54) is 7.11 Å². The highest BCUT2D eigenvalue weighted by Gasteiger charge is 2.07. The van der Waals surface area contributed by atoms with Gasteiger partial charge in [-0.1, -0.05) is 23.4 Å². The Kier molecular flexibility index (Phi) is 5.22. The summed E-state index contributed by atoms with van der Waals surface area (Å²) >= 11 is 6.02. The number of rotatable bonds is 2. The number of hydrogen-bond acceptors (Lipinski definition) is 3. The molecule has 0 saturated heterocycles. The predicted octanol–water partition coefficient (Wildman–Crippen LogP) is 2.32. The molecule has 4 nitrogen and oxygen atoms in total. The highest BCUT2D eigenvalue weighted by molar-refractivity contribution is 6.31. The van der Waals surface area contributed by atoms with E-state index in [0.29, 0.717) is 10.6 Å². The van der Waals surface area contributed by atoms with Gasteiger partial charge in [0.2, 0.25) is 0 Å². The van der Waals surface area contributed by atoms with Crippen LogP contribution in [0.25, 0.3) is 0 Å². The second-order valence-corrected chi connectivity index (χ2v) is 4.87. The summed E-state index contributed by atoms with van der Waals surface area (Å²) in [5.41, 5.74) is 0.396. The molecule has 1 amide bonds. The molecule has 0 aromatic heterocycles. The van der Waals surface area contributed by atoms with Gasteiger partial charge in [-0.2, -0.15) is 0 Å². The van der Waals surface area contributed by atoms with E-state index in [4.69, 9.17) is 11.6 Å². The predicted molar refractivity (Wildman–Crippen MR) is 73.9 cm³/mol. The summed E-state index contributed by atoms with van der Waals surface area (Å²) in [5.74, 6) is 5.56. The molecule has 2 N–H and O–H groups in total. The van der Waals surface area contributed by atoms with E-state index in [1.54, 1.807) is 32.0 Å². The lowest BCUT2D eigenvalue weighted by molar-refractivity contribution is 0.143. The Morgan fingerprint density at radius 2 is 2.21 bits per heavy atom. The molecular weight excluding hydrogens is 266 g/mol. The number of benzene rings is 1. The van der Waals surface area contributed by atoms with Crippen LogP contribution in [0.3, 0.4) is 0 Å². The van der Waals surface area contributed by atoms with E-state index in [-0.39, 0.29) is 6.54 Å². The Morgan fingerprint density at radius 1 is 1.53 bits per heavy atom. The Hall–Kier alpha value is -1.70. The quantitative estimate of drug-likeness (QED) is 0.818. The van der Waals surface area contributed by atoms with Gasteiger partial charge in [0.05, 0.1) is 7.11 Å². The topological polar surface area (TPSA) is 58.6 Å². The minimum Gasteiger partial charge on any atom is -0.453 e. The van der Waals surface area contributed by atoms with E-state index in [9.17, 15) is 9.90 Å². The Balaban J connectivity index is 2.87. The Bertz CT molecular complexity index is 524. The third kappa shape index (κ3) is 5.64. The summed E-state index contributed by atoms with van der Waals surface area (Å²) in [6.07, 6.45) is -0.524. The van der Waals surface area contributed by atoms with Gasteiger partial charge >= 0.3 is 6.09 Å². The lowest BCUT2D eigenvalue weighted by Crippen LogP contribution is -2.22. The van der Waals surface area contributed by atoms with Gasteiger partial charge < -0.3 is 15.2 Å². The number of halogens is 1. The number of methoxy groups -OCH3 is 1. The highest BCUT2D eigenvalue weighted by atomic mass is 35.5. The summed E-state index contributed by atoms with van der Waals surface area (Å²) < 4.78 is 4.48. The SMILES string of the molecule is COC(=O)NCc1cc(C#CC(C)(C)O)ccc1Cl. The molecule has 0 fully saturated rings. The van der Waals surface area contributed by atoms with Crippen LogP contribution in [0.1, 0.15) is 25.0 Å². The highest BCUT2D eigenvalue weighted by Crippen LogP contribution is 2.17. The minimum atomic E-state index is -1.05. The van der Waals surface area contributed by atoms with Gasteiger partial charge in [-0.25, -0.2) is 4.79 Å². The number of aliphatic hydroxyl groups is 1. The van der Waals surface area contributed by atoms with Crippen LogP contribution in [-0.4, -0.2) is 23.9 Å². The molecule has 0 spiro atoms. The van der Waals surface area contributed by atoms with Gasteiger partial charge in [-0.15, -0.1) is 0 Å². The molecule has 5 heteroatoms. The zero-order valence-electron chi connectivity index (χ0n) is 11.1. The average molecular weight is 282 g/mol. The summed E-state index contributed by atoms with van der Waals surface area (Å²) in [5, 5.41) is 12.6. The summed E-state index contributed by atoms with van der Waals surface area (Å²) in [4.78, 5) is 11.0. The van der Waals surface area contributed by atoms with Gasteiger partial charge in [0, 0.05) is 17.1 Å². The molecule has 1 aromatic carbocycles. The summed E-state index contributed by atoms with van der Waals surface area (Å²) in [6, 6.07) is 5.21. The molecule has 0 atom stereocenters. The molecule has 1 rings (SSSR count). The van der Waals surface area contributed by atoms with Crippen molar-refractivity contribution in [3.63, 3.8) is 0 Å². The monoisotopic (exact) mass is 281 g/mol. The molecule has 1 aromatic rings. The van der Waals surface area contributed by atoms with Gasteiger partial charge in [-0.3, -0.25) is 0 Å². The molecule has 0 bridgehead atoms. The van der Waals surface area contributed by atoms with Crippen molar-refractivity contribution < 1.29 is 14.6 Å². The number of hydrogen-bond donors (Lipinski definition) is 2. The van der Waals surface area contributed by atoms with Crippen LogP contribution in [0.2, 0.25) is 5.02 Å². The molecule has 0 aliphatic rings. The number of carbonyl (C=O) groups excluding carboxylic acids is 1. The van der Waals surface area contributed by atoms with E-state index in [0.717, 1.165) is 5.56 Å². The molecular formula is C14H16ClNO3. The van der Waals surface area contributed by atoms with E-state index in [2.05, 4.69) is 21.9 Å². The number of amides is 1. The molecule has 0 radical (unpaired) electrons. The van der Waals surface area contributed by atoms with Crippen molar-refractivity contribution in [1.29, 1.82) is 0 Å². The zero-order valence-corrected chi connectivity index (χ0v) is 11.8. The van der Waals surface area contributed by atoms with Crippen LogP contribution in [0, 0.1) is 11.8 Å². The minimum absolute atomic E-state index is 0.254. The lowest BCUT2D eigenvalue weighted by Gasteiger charge is -2.08. The van der Waals surface area contributed by atoms with Gasteiger partial charge in [-0.05, 0) is 37.6 Å². The lowest BCUT2D eigenvalue weighted by atomic mass is 10.1. The zero-order chi connectivity index (χ0) is 14.5. The standard InChI is InChI=1S/C14H16ClNO3/c1-14(2,18)7-6-10-4-5-12(15)11(8-10)9-16-13(17)19-3/h4-5,8,18H,9H2,1-3H3,(H,16,17). The molecule has 0 heterocycles. The van der Waals surface area contributed by atoms with E-state index < -0.39 is 11.7 Å². The summed E-state index contributed by atoms with van der Waals surface area (Å²) in [6.45, 7) is 3.47. The van der Waals surface area contributed by atoms with Crippen molar-refractivity contribution in [3.05, 3.63) is 34.3 Å². The number of nitrogens with one attached hydrogen (secondary N) is 1. The van der Waals surface area contributed by atoms with Crippen LogP contribution in [0.4, 0.5) is 4.79 Å². The molecule has 0 aliphatic carbocycles. The third-order valence-corrected chi connectivity index (χ3v) is 2.54. The van der Waals surface area contributed by atoms with Crippen molar-refractivity contribution >= 4 is 17.7 Å². The summed E-state index contributed by atoms with van der Waals surface area (Å²) in [7, 11) is 1.29. The fourth-order valence-corrected chi connectivity index (χ4v) is 1.44. The molecule has 0 unspecified atom stereocenters. The van der Waals surface area contributed by atoms with Gasteiger partial charge in [0.25, 0.3) is 0 Å². The van der Waals surface area contributed by atoms with E-state index in [1.807, 2.05) is 0 Å². The first-order valence-corrected chi connectivity index (χ1v) is 6.05. The van der Waals surface area contributed by atoms with Gasteiger partial charge in [0.15, 0.2) is 0 Å². The second kappa shape index (κ2) is 6.46. The van der Waals surface area contributed by atoms with Gasteiger partial charge in [0.1, 0.15) is 5.60 Å². The maximum atomic E-state index is 11.0. The molecule has 19 heavy (non-hydrogen) atoms. The molecule has 0 saturated carbocycles. The van der Waals surface area contributed by atoms with Crippen LogP contribution in [0.5, 0.6) is 0 Å². The maximum Gasteiger partial charge on any atom is 0.407 e. The number of alkyl carbamates (subject to hydrolysis) is 1. The van der Waals surface area contributed by atoms with Crippen LogP contribution in [-0.2, 0) is 11.3 Å². The number of carbonyl (C=O) groups is 1. The fourth-order valence-electron chi connectivity index (χ4n) is 1.25. The second-order valence-electron chi connectivity index (χ2n) is 4.46. The van der Waals surface area contributed by atoms with Crippen molar-refractivity contribution in [2.45, 2.75) is 26.0 Å². The fraction of sp³-hybridized carbons (Fsp3) is 0.357. The smallest absolute Gasteiger partial charge is 0.407 e. The first-order valence-electron chi connectivity index (χ1n) is 5.67. The normalized spacial score (nSPS) is 10.4. The van der Waals surface area contributed by atoms with Crippen molar-refractivity contribution in [2.75, 3.05) is 7.11 Å². The van der Waals surface area contributed by atoms with Crippen LogP contribution >= 0.6 is 11.6 Å². The average Bonchev–Trinajstić information content (AvgIpc) is 2.34. The van der Waals surface area contributed by atoms with Crippen LogP contribution < -0.4 is 5.32 Å². The van der Waals surface area contributed by atoms with E-state index >= 15 is 0 Å². The molecule has 0 aliphatic heterocycles. The largest absolute Gasteiger partial charge is 0.453 e. The molecule has 102 valence electrons. The van der Waals surface area contributed by atoms with Crippen LogP contribution in [0.15, 0.2) is 18.2 Å². The van der Waals surface area contributed by atoms with Crippen molar-refractivity contribution in [3.8, 4) is 11.8 Å². The Morgan fingerprint density at radius 3 is 2.79 bits per heavy atom. The van der Waals surface area contributed by atoms with Crippen molar-refractivity contribution in [1.82, 2.24) is 5.32 Å².